The van der Waals surface area contributed by atoms with Crippen molar-refractivity contribution in [3.63, 3.8) is 0 Å². The molecule has 0 unspecified atom stereocenters. The summed E-state index contributed by atoms with van der Waals surface area (Å²) in [7, 11) is 1.56. The van der Waals surface area contributed by atoms with Gasteiger partial charge in [-0.2, -0.15) is 0 Å². The van der Waals surface area contributed by atoms with E-state index in [2.05, 4.69) is 15.9 Å². The Morgan fingerprint density at radius 2 is 1.88 bits per heavy atom. The van der Waals surface area contributed by atoms with Crippen molar-refractivity contribution in [2.75, 3.05) is 7.11 Å². The Morgan fingerprint density at radius 3 is 2.52 bits per heavy atom. The molecule has 1 aliphatic carbocycles. The number of carbonyl (C=O) groups is 3. The number of methoxy groups -OCH3 is 1. The molecule has 4 amide bonds. The molecule has 3 rings (SSSR count). The van der Waals surface area contributed by atoms with Crippen LogP contribution in [0.2, 0.25) is 0 Å². The highest BCUT2D eigenvalue weighted by atomic mass is 79.9. The molecule has 2 aliphatic rings. The van der Waals surface area contributed by atoms with E-state index in [9.17, 15) is 14.4 Å². The van der Waals surface area contributed by atoms with E-state index in [0.29, 0.717) is 5.75 Å². The zero-order valence-electron chi connectivity index (χ0n) is 14.3. The van der Waals surface area contributed by atoms with E-state index >= 15 is 0 Å². The lowest BCUT2D eigenvalue weighted by Gasteiger charge is -2.34. The largest absolute Gasteiger partial charge is 0.496 e. The van der Waals surface area contributed by atoms with E-state index < -0.39 is 17.8 Å². The highest BCUT2D eigenvalue weighted by Crippen LogP contribution is 2.32. The maximum atomic E-state index is 12.8. The number of hydrogen-bond donors (Lipinski definition) is 0. The molecule has 1 aliphatic heterocycles. The summed E-state index contributed by atoms with van der Waals surface area (Å²) in [6.07, 6.45) is 3.83. The smallest absolute Gasteiger partial charge is 0.334 e. The zero-order chi connectivity index (χ0) is 18.1. The third kappa shape index (κ3) is 3.29. The minimum Gasteiger partial charge on any atom is -0.496 e. The average Bonchev–Trinajstić information content (AvgIpc) is 2.79. The number of hydrogen-bond acceptors (Lipinski definition) is 4. The van der Waals surface area contributed by atoms with Crippen LogP contribution < -0.4 is 4.74 Å². The predicted octanol–water partition coefficient (Wildman–Crippen LogP) is 3.33. The summed E-state index contributed by atoms with van der Waals surface area (Å²) in [5.41, 5.74) is 0.751. The van der Waals surface area contributed by atoms with Gasteiger partial charge in [-0.1, -0.05) is 25.8 Å². The predicted molar refractivity (Wildman–Crippen MR) is 94.9 cm³/mol. The molecule has 0 radical (unpaired) electrons. The van der Waals surface area contributed by atoms with Crippen LogP contribution in [0.25, 0.3) is 0 Å². The second-order valence-electron chi connectivity index (χ2n) is 6.65. The van der Waals surface area contributed by atoms with Crippen molar-refractivity contribution in [1.82, 2.24) is 9.80 Å². The number of nitrogens with zero attached hydrogens (tertiary/aromatic N) is 2. The van der Waals surface area contributed by atoms with Crippen LogP contribution in [0.3, 0.4) is 0 Å². The molecule has 25 heavy (non-hydrogen) atoms. The van der Waals surface area contributed by atoms with Gasteiger partial charge in [0.25, 0.3) is 0 Å². The van der Waals surface area contributed by atoms with E-state index in [-0.39, 0.29) is 18.5 Å². The molecular formula is C18H21BrN2O4. The van der Waals surface area contributed by atoms with Gasteiger partial charge in [0, 0.05) is 6.04 Å². The van der Waals surface area contributed by atoms with Crippen molar-refractivity contribution in [1.29, 1.82) is 0 Å². The van der Waals surface area contributed by atoms with E-state index in [4.69, 9.17) is 4.74 Å². The van der Waals surface area contributed by atoms with Gasteiger partial charge in [-0.3, -0.25) is 19.4 Å². The molecule has 1 saturated heterocycles. The summed E-state index contributed by atoms with van der Waals surface area (Å²) in [4.78, 5) is 39.8. The van der Waals surface area contributed by atoms with Gasteiger partial charge in [0.15, 0.2) is 0 Å². The summed E-state index contributed by atoms with van der Waals surface area (Å²) >= 11 is 3.39. The summed E-state index contributed by atoms with van der Waals surface area (Å²) in [5, 5.41) is 0. The van der Waals surface area contributed by atoms with Crippen molar-refractivity contribution in [2.24, 2.45) is 5.92 Å². The summed E-state index contributed by atoms with van der Waals surface area (Å²) in [5.74, 6) is -0.549. The molecule has 134 valence electrons. The molecule has 1 heterocycles. The highest BCUT2D eigenvalue weighted by molar-refractivity contribution is 9.10. The van der Waals surface area contributed by atoms with Gasteiger partial charge in [0.2, 0.25) is 0 Å². The molecule has 1 saturated carbocycles. The topological polar surface area (TPSA) is 66.9 Å². The van der Waals surface area contributed by atoms with Crippen LogP contribution in [-0.2, 0) is 16.1 Å². The molecule has 2 fully saturated rings. The minimum atomic E-state index is -0.741. The van der Waals surface area contributed by atoms with Crippen LogP contribution in [0.5, 0.6) is 5.75 Å². The van der Waals surface area contributed by atoms with Crippen LogP contribution in [0, 0.1) is 5.92 Å². The molecule has 1 aromatic rings. The Morgan fingerprint density at radius 1 is 1.16 bits per heavy atom. The van der Waals surface area contributed by atoms with Crippen LogP contribution in [0.4, 0.5) is 4.79 Å². The van der Waals surface area contributed by atoms with Crippen LogP contribution in [-0.4, -0.2) is 40.8 Å². The number of ether oxygens (including phenoxy) is 1. The Bertz CT molecular complexity index is 721. The number of amides is 4. The van der Waals surface area contributed by atoms with Crippen LogP contribution in [0.1, 0.15) is 38.2 Å². The standard InChI is InChI=1S/C18H21BrN2O4/c1-11-5-3-4-6-14(11)21-17(23)16(22)20(18(21)24)10-12-7-8-15(25-2)13(19)9-12/h7-9,11,14H,3-6,10H2,1-2H3/t11-,14+/m0/s1. The van der Waals surface area contributed by atoms with Gasteiger partial charge in [-0.05, 0) is 52.4 Å². The average molecular weight is 409 g/mol. The van der Waals surface area contributed by atoms with E-state index in [0.717, 1.165) is 40.6 Å². The first-order valence-corrected chi connectivity index (χ1v) is 9.24. The highest BCUT2D eigenvalue weighted by Gasteiger charge is 2.48. The number of imide groups is 2. The lowest BCUT2D eigenvalue weighted by atomic mass is 9.85. The third-order valence-electron chi connectivity index (χ3n) is 5.04. The molecule has 7 heteroatoms. The number of halogens is 1. The molecule has 1 aromatic carbocycles. The number of rotatable bonds is 4. The number of urea groups is 1. The molecule has 0 N–H and O–H groups in total. The SMILES string of the molecule is COc1ccc(CN2C(=O)C(=O)N([C@@H]3CCCC[C@@H]3C)C2=O)cc1Br. The summed E-state index contributed by atoms with van der Waals surface area (Å²) in [6.45, 7) is 2.11. The van der Waals surface area contributed by atoms with Gasteiger partial charge in [0.05, 0.1) is 18.1 Å². The Labute approximate surface area is 155 Å². The van der Waals surface area contributed by atoms with Crippen molar-refractivity contribution in [3.05, 3.63) is 28.2 Å². The van der Waals surface area contributed by atoms with E-state index in [1.165, 1.54) is 4.90 Å². The molecule has 6 nitrogen and oxygen atoms in total. The van der Waals surface area contributed by atoms with Crippen molar-refractivity contribution in [2.45, 2.75) is 45.2 Å². The molecule has 2 atom stereocenters. The third-order valence-corrected chi connectivity index (χ3v) is 5.66. The Hall–Kier alpha value is -1.89. The molecular weight excluding hydrogens is 388 g/mol. The molecule has 0 bridgehead atoms. The summed E-state index contributed by atoms with van der Waals surface area (Å²) in [6, 6.07) is 4.65. The second kappa shape index (κ2) is 7.15. The van der Waals surface area contributed by atoms with Gasteiger partial charge >= 0.3 is 17.8 Å². The molecule has 0 spiro atoms. The monoisotopic (exact) mass is 408 g/mol. The molecule has 0 aromatic heterocycles. The zero-order valence-corrected chi connectivity index (χ0v) is 15.9. The van der Waals surface area contributed by atoms with Gasteiger partial charge in [0.1, 0.15) is 5.75 Å². The van der Waals surface area contributed by atoms with Crippen molar-refractivity contribution in [3.8, 4) is 5.75 Å². The summed E-state index contributed by atoms with van der Waals surface area (Å²) < 4.78 is 5.91. The van der Waals surface area contributed by atoms with E-state index in [1.807, 2.05) is 6.92 Å². The normalized spacial score (nSPS) is 24.2. The lowest BCUT2D eigenvalue weighted by Crippen LogP contribution is -2.46. The first kappa shape index (κ1) is 17.9. The fourth-order valence-electron chi connectivity index (χ4n) is 3.63. The quantitative estimate of drug-likeness (QED) is 0.565. The first-order valence-electron chi connectivity index (χ1n) is 8.45. The first-order chi connectivity index (χ1) is 11.9. The Balaban J connectivity index is 1.80. The van der Waals surface area contributed by atoms with Gasteiger partial charge < -0.3 is 4.74 Å². The van der Waals surface area contributed by atoms with Gasteiger partial charge in [-0.25, -0.2) is 4.79 Å². The van der Waals surface area contributed by atoms with E-state index in [1.54, 1.807) is 25.3 Å². The maximum absolute atomic E-state index is 12.8. The number of benzene rings is 1. The van der Waals surface area contributed by atoms with Crippen LogP contribution in [0.15, 0.2) is 22.7 Å². The second-order valence-corrected chi connectivity index (χ2v) is 7.50. The Kier molecular flexibility index (Phi) is 5.13. The lowest BCUT2D eigenvalue weighted by molar-refractivity contribution is -0.144. The van der Waals surface area contributed by atoms with Crippen molar-refractivity contribution >= 4 is 33.8 Å². The minimum absolute atomic E-state index is 0.0730. The van der Waals surface area contributed by atoms with Gasteiger partial charge in [-0.15, -0.1) is 0 Å². The fraction of sp³-hybridized carbons (Fsp3) is 0.500. The van der Waals surface area contributed by atoms with Crippen molar-refractivity contribution < 1.29 is 19.1 Å². The van der Waals surface area contributed by atoms with Crippen LogP contribution >= 0.6 is 15.9 Å². The fourth-order valence-corrected chi connectivity index (χ4v) is 4.21. The number of carbonyl (C=O) groups excluding carboxylic acids is 3. The maximum Gasteiger partial charge on any atom is 0.334 e.